The van der Waals surface area contributed by atoms with Gasteiger partial charge in [-0.2, -0.15) is 0 Å². The van der Waals surface area contributed by atoms with Crippen molar-refractivity contribution < 1.29 is 0 Å². The summed E-state index contributed by atoms with van der Waals surface area (Å²) in [7, 11) is 0. The molecule has 0 saturated heterocycles. The van der Waals surface area contributed by atoms with Crippen molar-refractivity contribution in [2.75, 3.05) is 0 Å². The van der Waals surface area contributed by atoms with E-state index < -0.39 is 0 Å². The summed E-state index contributed by atoms with van der Waals surface area (Å²) in [4.78, 5) is 0. The fourth-order valence-electron chi connectivity index (χ4n) is 3.34. The molecule has 0 nitrogen and oxygen atoms in total. The van der Waals surface area contributed by atoms with Crippen molar-refractivity contribution in [3.63, 3.8) is 0 Å². The summed E-state index contributed by atoms with van der Waals surface area (Å²) < 4.78 is 0. The van der Waals surface area contributed by atoms with E-state index in [1.165, 1.54) is 32.7 Å². The van der Waals surface area contributed by atoms with Gasteiger partial charge in [-0.3, -0.25) is 0 Å². The molecule has 5 rings (SSSR count). The zero-order valence-electron chi connectivity index (χ0n) is 16.9. The molecular weight excluding hydrogens is 360 g/mol. The average Bonchev–Trinajstić information content (AvgIpc) is 2.82. The van der Waals surface area contributed by atoms with Crippen LogP contribution in [0.15, 0.2) is 133 Å². The molecule has 0 heterocycles. The highest BCUT2D eigenvalue weighted by Crippen LogP contribution is 2.22. The maximum absolute atomic E-state index is 2.24. The second-order valence-electron chi connectivity index (χ2n) is 7.09. The normalized spacial score (nSPS) is 11.1. The van der Waals surface area contributed by atoms with E-state index in [0.717, 1.165) is 0 Å². The third-order valence-electron chi connectivity index (χ3n) is 4.90. The molecule has 0 heteroatoms. The first-order valence-electron chi connectivity index (χ1n) is 10.2. The first-order chi connectivity index (χ1) is 14.9. The quantitative estimate of drug-likeness (QED) is 0.216. The van der Waals surface area contributed by atoms with Gasteiger partial charge in [-0.1, -0.05) is 133 Å². The molecule has 144 valence electrons. The summed E-state index contributed by atoms with van der Waals surface area (Å²) >= 11 is 0. The second-order valence-corrected chi connectivity index (χ2v) is 7.09. The van der Waals surface area contributed by atoms with Crippen LogP contribution >= 0.6 is 0 Å². The standard InChI is InChI=1S/C16H14.C14H10/c1-3-9-15(10-4-1)13-7-8-14-16-11-5-2-6-12-16;1-2-6-12-10-14-8-4-3-7-13(14)9-11(12)5-1/h1-14H;1-10H/b13-7+,14-8+;. The van der Waals surface area contributed by atoms with Gasteiger partial charge in [0.15, 0.2) is 0 Å². The van der Waals surface area contributed by atoms with Gasteiger partial charge in [0.05, 0.1) is 0 Å². The van der Waals surface area contributed by atoms with E-state index in [2.05, 4.69) is 109 Å². The Labute approximate surface area is 178 Å². The van der Waals surface area contributed by atoms with Gasteiger partial charge >= 0.3 is 0 Å². The minimum Gasteiger partial charge on any atom is -0.0622 e. The molecule has 0 aliphatic heterocycles. The molecule has 0 aromatic heterocycles. The van der Waals surface area contributed by atoms with E-state index in [4.69, 9.17) is 0 Å². The van der Waals surface area contributed by atoms with Gasteiger partial charge < -0.3 is 0 Å². The smallest absolute Gasteiger partial charge is 0.0178 e. The molecule has 0 saturated carbocycles. The van der Waals surface area contributed by atoms with Crippen LogP contribution in [-0.2, 0) is 0 Å². The largest absolute Gasteiger partial charge is 0.0622 e. The molecule has 0 spiro atoms. The van der Waals surface area contributed by atoms with Crippen LogP contribution < -0.4 is 0 Å². The van der Waals surface area contributed by atoms with Crippen molar-refractivity contribution in [1.82, 2.24) is 0 Å². The molecule has 30 heavy (non-hydrogen) atoms. The molecule has 5 aromatic carbocycles. The highest BCUT2D eigenvalue weighted by Gasteiger charge is 1.95. The van der Waals surface area contributed by atoms with Gasteiger partial charge in [0, 0.05) is 0 Å². The summed E-state index contributed by atoms with van der Waals surface area (Å²) in [6, 6.07) is 42.0. The van der Waals surface area contributed by atoms with Gasteiger partial charge in [0.2, 0.25) is 0 Å². The van der Waals surface area contributed by atoms with Crippen LogP contribution in [0, 0.1) is 0 Å². The van der Waals surface area contributed by atoms with Crippen LogP contribution in [0.25, 0.3) is 33.7 Å². The fraction of sp³-hybridized carbons (Fsp3) is 0. The average molecular weight is 385 g/mol. The molecule has 5 aromatic rings. The van der Waals surface area contributed by atoms with Gasteiger partial charge in [-0.05, 0) is 44.8 Å². The van der Waals surface area contributed by atoms with Crippen LogP contribution in [0.4, 0.5) is 0 Å². The Balaban J connectivity index is 0.000000146. The predicted molar refractivity (Wildman–Crippen MR) is 132 cm³/mol. The van der Waals surface area contributed by atoms with Crippen LogP contribution in [-0.4, -0.2) is 0 Å². The lowest BCUT2D eigenvalue weighted by atomic mass is 10.0. The molecule has 0 N–H and O–H groups in total. The lowest BCUT2D eigenvalue weighted by Gasteiger charge is -2.00. The number of rotatable bonds is 3. The van der Waals surface area contributed by atoms with E-state index in [0.29, 0.717) is 0 Å². The molecule has 0 fully saturated rings. The molecule has 0 atom stereocenters. The summed E-state index contributed by atoms with van der Waals surface area (Å²) in [5.41, 5.74) is 2.44. The lowest BCUT2D eigenvalue weighted by Crippen LogP contribution is -1.74. The summed E-state index contributed by atoms with van der Waals surface area (Å²) in [6.45, 7) is 0. The molecule has 0 bridgehead atoms. The fourth-order valence-corrected chi connectivity index (χ4v) is 3.34. The van der Waals surface area contributed by atoms with Gasteiger partial charge in [-0.25, -0.2) is 0 Å². The highest BCUT2D eigenvalue weighted by atomic mass is 14.0. The Morgan fingerprint density at radius 2 is 0.633 bits per heavy atom. The predicted octanol–water partition coefficient (Wildman–Crippen LogP) is 8.41. The Kier molecular flexibility index (Phi) is 6.50. The highest BCUT2D eigenvalue weighted by molar-refractivity contribution is 5.98. The molecule has 0 aliphatic rings. The monoisotopic (exact) mass is 384 g/mol. The van der Waals surface area contributed by atoms with E-state index >= 15 is 0 Å². The van der Waals surface area contributed by atoms with E-state index in [1.54, 1.807) is 0 Å². The minimum absolute atomic E-state index is 1.22. The topological polar surface area (TPSA) is 0 Å². The van der Waals surface area contributed by atoms with Gasteiger partial charge in [0.25, 0.3) is 0 Å². The molecular formula is C30H24. The number of hydrogen-bond acceptors (Lipinski definition) is 0. The number of allylic oxidation sites excluding steroid dienone is 2. The molecule has 0 aliphatic carbocycles. The summed E-state index contributed by atoms with van der Waals surface area (Å²) in [6.07, 6.45) is 8.31. The minimum atomic E-state index is 1.22. The maximum Gasteiger partial charge on any atom is -0.0178 e. The van der Waals surface area contributed by atoms with Gasteiger partial charge in [0.1, 0.15) is 0 Å². The Hall–Kier alpha value is -3.90. The first-order valence-corrected chi connectivity index (χ1v) is 10.2. The SMILES string of the molecule is C(/C=C/c1ccccc1)=C\c1ccccc1.c1ccc2cc3ccccc3cc2c1. The zero-order chi connectivity index (χ0) is 20.4. The van der Waals surface area contributed by atoms with E-state index in [-0.39, 0.29) is 0 Å². The lowest BCUT2D eigenvalue weighted by molar-refractivity contribution is 1.65. The van der Waals surface area contributed by atoms with Crippen molar-refractivity contribution in [2.24, 2.45) is 0 Å². The van der Waals surface area contributed by atoms with Crippen LogP contribution in [0.5, 0.6) is 0 Å². The van der Waals surface area contributed by atoms with Crippen molar-refractivity contribution in [1.29, 1.82) is 0 Å². The third kappa shape index (κ3) is 5.33. The van der Waals surface area contributed by atoms with Crippen LogP contribution in [0.1, 0.15) is 11.1 Å². The van der Waals surface area contributed by atoms with Crippen molar-refractivity contribution >= 4 is 33.7 Å². The van der Waals surface area contributed by atoms with E-state index in [9.17, 15) is 0 Å². The molecule has 0 amide bonds. The number of benzene rings is 5. The first kappa shape index (κ1) is 19.4. The van der Waals surface area contributed by atoms with E-state index in [1.807, 2.05) is 36.4 Å². The number of fused-ring (bicyclic) bond motifs is 2. The molecule has 0 radical (unpaired) electrons. The van der Waals surface area contributed by atoms with Crippen molar-refractivity contribution in [3.8, 4) is 0 Å². The Morgan fingerprint density at radius 1 is 0.333 bits per heavy atom. The maximum atomic E-state index is 2.24. The van der Waals surface area contributed by atoms with Crippen molar-refractivity contribution in [2.45, 2.75) is 0 Å². The molecule has 0 unspecified atom stereocenters. The summed E-state index contributed by atoms with van der Waals surface area (Å²) in [5, 5.41) is 5.25. The van der Waals surface area contributed by atoms with Gasteiger partial charge in [-0.15, -0.1) is 0 Å². The van der Waals surface area contributed by atoms with Crippen molar-refractivity contribution in [3.05, 3.63) is 145 Å². The zero-order valence-corrected chi connectivity index (χ0v) is 16.9. The third-order valence-corrected chi connectivity index (χ3v) is 4.90. The Morgan fingerprint density at radius 3 is 0.967 bits per heavy atom. The van der Waals surface area contributed by atoms with Crippen LogP contribution in [0.2, 0.25) is 0 Å². The Bertz CT molecular complexity index is 1110. The summed E-state index contributed by atoms with van der Waals surface area (Å²) in [5.74, 6) is 0. The second kappa shape index (κ2) is 10.0. The van der Waals surface area contributed by atoms with Crippen LogP contribution in [0.3, 0.4) is 0 Å². The number of hydrogen-bond donors (Lipinski definition) is 0.